The molecule has 19 heavy (non-hydrogen) atoms. The summed E-state index contributed by atoms with van der Waals surface area (Å²) >= 11 is 0. The van der Waals surface area contributed by atoms with E-state index in [1.807, 2.05) is 30.3 Å². The molecule has 0 unspecified atom stereocenters. The zero-order valence-electron chi connectivity index (χ0n) is 10.1. The summed E-state index contributed by atoms with van der Waals surface area (Å²) in [5, 5.41) is 0.659. The molecule has 0 atom stereocenters. The van der Waals surface area contributed by atoms with Crippen LogP contribution >= 0.6 is 7.51 Å². The topological polar surface area (TPSA) is 46.2 Å². The number of rotatable bonds is 1. The van der Waals surface area contributed by atoms with E-state index in [0.717, 1.165) is 0 Å². The van der Waals surface area contributed by atoms with E-state index in [4.69, 9.17) is 23.1 Å². The second-order valence-corrected chi connectivity index (χ2v) is 7.24. The molecule has 0 fully saturated rings. The van der Waals surface area contributed by atoms with Crippen LogP contribution < -0.4 is 19.2 Å². The van der Waals surface area contributed by atoms with Gasteiger partial charge in [0.05, 0.1) is 0 Å². The summed E-state index contributed by atoms with van der Waals surface area (Å²) in [5.74, 6) is 1.72. The maximum absolute atomic E-state index is 5.96. The molecule has 0 bridgehead atoms. The van der Waals surface area contributed by atoms with Gasteiger partial charge in [-0.2, -0.15) is 0 Å². The number of hydrogen-bond acceptors (Lipinski definition) is 5. The molecule has 0 amide bonds. The number of benzene rings is 2. The molecule has 0 N–H and O–H groups in total. The second-order valence-electron chi connectivity index (χ2n) is 4.25. The average molecular weight is 278 g/mol. The molecule has 2 aromatic carbocycles. The third kappa shape index (κ3) is 1.24. The SMILES string of the molecule is COP12(OOc3ccccc31)Oc1ccccc1O2. The van der Waals surface area contributed by atoms with Crippen LogP contribution in [0.5, 0.6) is 17.2 Å². The molecule has 6 heteroatoms. The first-order valence-electron chi connectivity index (χ1n) is 5.80. The van der Waals surface area contributed by atoms with Crippen molar-refractivity contribution in [3.63, 3.8) is 0 Å². The molecule has 98 valence electrons. The Bertz CT molecular complexity index is 647. The molecule has 1 spiro atoms. The van der Waals surface area contributed by atoms with E-state index >= 15 is 0 Å². The summed E-state index contributed by atoms with van der Waals surface area (Å²) in [4.78, 5) is 5.24. The first-order valence-corrected chi connectivity index (χ1v) is 7.70. The molecule has 0 aliphatic carbocycles. The summed E-state index contributed by atoms with van der Waals surface area (Å²) in [5.41, 5.74) is 0. The van der Waals surface area contributed by atoms with Crippen molar-refractivity contribution < 1.29 is 23.1 Å². The van der Waals surface area contributed by atoms with Crippen LogP contribution in [0.1, 0.15) is 0 Å². The Hall–Kier alpha value is -1.81. The van der Waals surface area contributed by atoms with Crippen molar-refractivity contribution in [2.24, 2.45) is 0 Å². The second kappa shape index (κ2) is 3.39. The molecule has 2 aromatic rings. The molecule has 0 saturated heterocycles. The van der Waals surface area contributed by atoms with Gasteiger partial charge in [0.2, 0.25) is 0 Å². The van der Waals surface area contributed by atoms with Crippen molar-refractivity contribution >= 4 is 12.8 Å². The Labute approximate surface area is 109 Å². The van der Waals surface area contributed by atoms with E-state index < -0.39 is 7.51 Å². The molecule has 0 saturated carbocycles. The van der Waals surface area contributed by atoms with E-state index in [1.165, 1.54) is 7.11 Å². The molecule has 2 aliphatic heterocycles. The van der Waals surface area contributed by atoms with Gasteiger partial charge in [0.1, 0.15) is 0 Å². The van der Waals surface area contributed by atoms with Gasteiger partial charge in [-0.25, -0.2) is 0 Å². The standard InChI is InChI=1S/C13H11O5P/c1-14-19(13-9-5-4-8-12(13)15-18-19)16-10-6-2-3-7-11(10)17-19/h2-9H,1H3. The van der Waals surface area contributed by atoms with Gasteiger partial charge < -0.3 is 0 Å². The third-order valence-electron chi connectivity index (χ3n) is 3.19. The van der Waals surface area contributed by atoms with Gasteiger partial charge in [0.15, 0.2) is 0 Å². The number of para-hydroxylation sites is 3. The van der Waals surface area contributed by atoms with Gasteiger partial charge in [-0.1, -0.05) is 0 Å². The summed E-state index contributed by atoms with van der Waals surface area (Å²) in [6.45, 7) is 0. The minimum atomic E-state index is -3.93. The molecule has 5 nitrogen and oxygen atoms in total. The van der Waals surface area contributed by atoms with Crippen LogP contribution in [0.4, 0.5) is 0 Å². The summed E-state index contributed by atoms with van der Waals surface area (Å²) < 4.78 is 23.0. The van der Waals surface area contributed by atoms with Crippen molar-refractivity contribution in [3.05, 3.63) is 48.5 Å². The Morgan fingerprint density at radius 2 is 1.42 bits per heavy atom. The fraction of sp³-hybridized carbons (Fsp3) is 0.0769. The molecule has 0 aromatic heterocycles. The van der Waals surface area contributed by atoms with E-state index in [2.05, 4.69) is 0 Å². The number of hydrogen-bond donors (Lipinski definition) is 0. The van der Waals surface area contributed by atoms with Crippen molar-refractivity contribution in [2.75, 3.05) is 7.11 Å². The molecule has 2 heterocycles. The van der Waals surface area contributed by atoms with Crippen molar-refractivity contribution in [2.45, 2.75) is 0 Å². The van der Waals surface area contributed by atoms with Crippen molar-refractivity contribution in [3.8, 4) is 17.2 Å². The van der Waals surface area contributed by atoms with Gasteiger partial charge in [-0.05, 0) is 0 Å². The van der Waals surface area contributed by atoms with Crippen molar-refractivity contribution in [1.29, 1.82) is 0 Å². The van der Waals surface area contributed by atoms with Crippen molar-refractivity contribution in [1.82, 2.24) is 0 Å². The van der Waals surface area contributed by atoms with Gasteiger partial charge >= 0.3 is 109 Å². The van der Waals surface area contributed by atoms with Crippen LogP contribution in [-0.2, 0) is 9.20 Å². The van der Waals surface area contributed by atoms with Crippen LogP contribution in [0.2, 0.25) is 0 Å². The van der Waals surface area contributed by atoms with Crippen LogP contribution in [-0.4, -0.2) is 7.11 Å². The molecular formula is C13H11O5P. The summed E-state index contributed by atoms with van der Waals surface area (Å²) in [6.07, 6.45) is 0. The Morgan fingerprint density at radius 1 is 0.842 bits per heavy atom. The Kier molecular flexibility index (Phi) is 1.97. The van der Waals surface area contributed by atoms with E-state index in [9.17, 15) is 0 Å². The monoisotopic (exact) mass is 278 g/mol. The molecule has 0 radical (unpaired) electrons. The Balaban J connectivity index is 1.95. The fourth-order valence-corrected chi connectivity index (χ4v) is 5.04. The molecule has 2 aliphatic rings. The van der Waals surface area contributed by atoms with Crippen LogP contribution in [0.15, 0.2) is 48.5 Å². The van der Waals surface area contributed by atoms with Crippen LogP contribution in [0, 0.1) is 0 Å². The molecule has 4 rings (SSSR count). The summed E-state index contributed by atoms with van der Waals surface area (Å²) in [7, 11) is -2.43. The maximum atomic E-state index is 5.96. The van der Waals surface area contributed by atoms with Gasteiger partial charge in [-0.3, -0.25) is 0 Å². The minimum absolute atomic E-state index is 0.551. The summed E-state index contributed by atoms with van der Waals surface area (Å²) in [6, 6.07) is 14.7. The normalized spacial score (nSPS) is 22.3. The molecular weight excluding hydrogens is 267 g/mol. The average Bonchev–Trinajstić information content (AvgIpc) is 2.98. The third-order valence-corrected chi connectivity index (χ3v) is 6.33. The van der Waals surface area contributed by atoms with E-state index in [0.29, 0.717) is 22.6 Å². The van der Waals surface area contributed by atoms with Gasteiger partial charge in [-0.15, -0.1) is 0 Å². The predicted octanol–water partition coefficient (Wildman–Crippen LogP) is 2.97. The van der Waals surface area contributed by atoms with Crippen LogP contribution in [0.3, 0.4) is 0 Å². The van der Waals surface area contributed by atoms with E-state index in [-0.39, 0.29) is 0 Å². The zero-order valence-corrected chi connectivity index (χ0v) is 11.0. The van der Waals surface area contributed by atoms with Crippen LogP contribution in [0.25, 0.3) is 0 Å². The first kappa shape index (κ1) is 11.1. The fourth-order valence-electron chi connectivity index (χ4n) is 2.26. The quantitative estimate of drug-likeness (QED) is 0.593. The zero-order chi connectivity index (χ0) is 12.9. The first-order chi connectivity index (χ1) is 9.25. The predicted molar refractivity (Wildman–Crippen MR) is 69.4 cm³/mol. The van der Waals surface area contributed by atoms with Gasteiger partial charge in [0.25, 0.3) is 0 Å². The van der Waals surface area contributed by atoms with Gasteiger partial charge in [0, 0.05) is 0 Å². The van der Waals surface area contributed by atoms with E-state index in [1.54, 1.807) is 18.2 Å². The Morgan fingerprint density at radius 3 is 2.05 bits per heavy atom. The number of fused-ring (bicyclic) bond motifs is 3.